The molecular weight excluding hydrogens is 258 g/mol. The van der Waals surface area contributed by atoms with E-state index >= 15 is 0 Å². The van der Waals surface area contributed by atoms with Gasteiger partial charge in [0.15, 0.2) is 0 Å². The van der Waals surface area contributed by atoms with E-state index in [2.05, 4.69) is 15.5 Å². The fourth-order valence-corrected chi connectivity index (χ4v) is 2.16. The van der Waals surface area contributed by atoms with E-state index in [0.29, 0.717) is 18.1 Å². The zero-order valence-corrected chi connectivity index (χ0v) is 10.4. The molecule has 0 aliphatic rings. The van der Waals surface area contributed by atoms with Gasteiger partial charge in [0.25, 0.3) is 5.91 Å². The summed E-state index contributed by atoms with van der Waals surface area (Å²) in [6.45, 7) is 2.21. The standard InChI is InChI=1S/C7H10ClN3O2S2/c1-2-15(13)4-3-9-5(12)6-10-11-7(8)14-6/h2-4H2,1H3,(H,9,12). The van der Waals surface area contributed by atoms with E-state index in [0.717, 1.165) is 11.3 Å². The first-order valence-corrected chi connectivity index (χ1v) is 6.94. The molecule has 5 nitrogen and oxygen atoms in total. The van der Waals surface area contributed by atoms with Crippen LogP contribution in [-0.4, -0.2) is 38.4 Å². The molecule has 0 spiro atoms. The van der Waals surface area contributed by atoms with Crippen molar-refractivity contribution in [3.8, 4) is 0 Å². The van der Waals surface area contributed by atoms with Crippen molar-refractivity contribution in [1.29, 1.82) is 0 Å². The van der Waals surface area contributed by atoms with Gasteiger partial charge in [0.1, 0.15) is 0 Å². The summed E-state index contributed by atoms with van der Waals surface area (Å²) in [6.07, 6.45) is 0. The minimum absolute atomic E-state index is 0.224. The summed E-state index contributed by atoms with van der Waals surface area (Å²) in [6, 6.07) is 0. The first-order valence-electron chi connectivity index (χ1n) is 4.25. The molecule has 0 radical (unpaired) electrons. The molecule has 1 heterocycles. The lowest BCUT2D eigenvalue weighted by Gasteiger charge is -2.00. The Hall–Kier alpha value is -0.530. The van der Waals surface area contributed by atoms with Gasteiger partial charge in [0.05, 0.1) is 0 Å². The molecule has 1 aromatic heterocycles. The number of halogens is 1. The average Bonchev–Trinajstić information content (AvgIpc) is 2.64. The number of nitrogens with zero attached hydrogens (tertiary/aromatic N) is 2. The topological polar surface area (TPSA) is 72.0 Å². The third-order valence-corrected chi connectivity index (χ3v) is 3.85. The predicted molar refractivity (Wildman–Crippen MR) is 60.8 cm³/mol. The van der Waals surface area contributed by atoms with Gasteiger partial charge in [0.2, 0.25) is 9.47 Å². The van der Waals surface area contributed by atoms with Crippen LogP contribution < -0.4 is 5.32 Å². The SMILES string of the molecule is CCS(=O)CCNC(=O)c1nnc(Cl)s1. The lowest BCUT2D eigenvalue weighted by Crippen LogP contribution is -2.27. The lowest BCUT2D eigenvalue weighted by atomic mass is 10.6. The van der Waals surface area contributed by atoms with Crippen molar-refractivity contribution >= 4 is 39.6 Å². The third-order valence-electron chi connectivity index (χ3n) is 1.53. The summed E-state index contributed by atoms with van der Waals surface area (Å²) < 4.78 is 11.3. The minimum Gasteiger partial charge on any atom is -0.349 e. The van der Waals surface area contributed by atoms with Gasteiger partial charge in [-0.2, -0.15) is 0 Å². The maximum Gasteiger partial charge on any atom is 0.282 e. The Labute approximate surface area is 98.7 Å². The zero-order valence-electron chi connectivity index (χ0n) is 8.03. The first kappa shape index (κ1) is 12.5. The number of carbonyl (C=O) groups excluding carboxylic acids is 1. The molecule has 0 aliphatic carbocycles. The van der Waals surface area contributed by atoms with Gasteiger partial charge in [-0.15, -0.1) is 10.2 Å². The Morgan fingerprint density at radius 2 is 2.33 bits per heavy atom. The van der Waals surface area contributed by atoms with Crippen LogP contribution in [0.5, 0.6) is 0 Å². The number of aromatic nitrogens is 2. The Kier molecular flexibility index (Phi) is 5.13. The molecule has 0 bridgehead atoms. The highest BCUT2D eigenvalue weighted by Gasteiger charge is 2.11. The molecule has 1 atom stereocenters. The molecule has 0 saturated carbocycles. The number of rotatable bonds is 5. The van der Waals surface area contributed by atoms with Gasteiger partial charge in [-0.05, 0) is 11.6 Å². The fraction of sp³-hybridized carbons (Fsp3) is 0.571. The van der Waals surface area contributed by atoms with E-state index in [1.807, 2.05) is 6.92 Å². The van der Waals surface area contributed by atoms with Crippen LogP contribution in [0.2, 0.25) is 4.47 Å². The van der Waals surface area contributed by atoms with Gasteiger partial charge < -0.3 is 5.32 Å². The highest BCUT2D eigenvalue weighted by atomic mass is 35.5. The molecule has 1 N–H and O–H groups in total. The number of carbonyl (C=O) groups is 1. The predicted octanol–water partition coefficient (Wildman–Crippen LogP) is 0.690. The Balaban J connectivity index is 2.34. The van der Waals surface area contributed by atoms with Crippen molar-refractivity contribution in [2.45, 2.75) is 6.92 Å². The average molecular weight is 268 g/mol. The molecule has 15 heavy (non-hydrogen) atoms. The van der Waals surface area contributed by atoms with E-state index in [9.17, 15) is 9.00 Å². The molecule has 84 valence electrons. The maximum absolute atomic E-state index is 11.4. The summed E-state index contributed by atoms with van der Waals surface area (Å²) in [5.41, 5.74) is 0. The fourth-order valence-electron chi connectivity index (χ4n) is 0.795. The molecule has 1 aromatic rings. The van der Waals surface area contributed by atoms with Gasteiger partial charge in [0, 0.05) is 28.9 Å². The van der Waals surface area contributed by atoms with E-state index < -0.39 is 10.8 Å². The highest BCUT2D eigenvalue weighted by Crippen LogP contribution is 2.14. The second-order valence-electron chi connectivity index (χ2n) is 2.55. The molecule has 0 aromatic carbocycles. The van der Waals surface area contributed by atoms with Crippen molar-refractivity contribution in [2.75, 3.05) is 18.1 Å². The van der Waals surface area contributed by atoms with E-state index in [1.165, 1.54) is 0 Å². The second-order valence-corrected chi connectivity index (χ2v) is 5.97. The van der Waals surface area contributed by atoms with Crippen molar-refractivity contribution in [3.63, 3.8) is 0 Å². The summed E-state index contributed by atoms with van der Waals surface area (Å²) in [4.78, 5) is 11.4. The number of nitrogens with one attached hydrogen (secondary N) is 1. The smallest absolute Gasteiger partial charge is 0.282 e. The van der Waals surface area contributed by atoms with E-state index in [1.54, 1.807) is 0 Å². The zero-order chi connectivity index (χ0) is 11.3. The lowest BCUT2D eigenvalue weighted by molar-refractivity contribution is 0.0955. The van der Waals surface area contributed by atoms with Crippen LogP contribution in [0, 0.1) is 0 Å². The van der Waals surface area contributed by atoms with Crippen molar-refractivity contribution < 1.29 is 9.00 Å². The first-order chi connectivity index (χ1) is 7.13. The molecule has 1 rings (SSSR count). The van der Waals surface area contributed by atoms with Crippen LogP contribution in [0.3, 0.4) is 0 Å². The highest BCUT2D eigenvalue weighted by molar-refractivity contribution is 7.84. The summed E-state index contributed by atoms with van der Waals surface area (Å²) in [5, 5.41) is 9.91. The van der Waals surface area contributed by atoms with Gasteiger partial charge in [-0.1, -0.05) is 18.3 Å². The molecule has 1 amide bonds. The molecular formula is C7H10ClN3O2S2. The third kappa shape index (κ3) is 4.23. The number of hydrogen-bond acceptors (Lipinski definition) is 5. The van der Waals surface area contributed by atoms with E-state index in [4.69, 9.17) is 11.6 Å². The largest absolute Gasteiger partial charge is 0.349 e. The van der Waals surface area contributed by atoms with Gasteiger partial charge >= 0.3 is 0 Å². The molecule has 1 unspecified atom stereocenters. The molecule has 0 aliphatic heterocycles. The van der Waals surface area contributed by atoms with Crippen LogP contribution >= 0.6 is 22.9 Å². The summed E-state index contributed by atoms with van der Waals surface area (Å²) in [7, 11) is -0.868. The maximum atomic E-state index is 11.4. The van der Waals surface area contributed by atoms with Crippen LogP contribution in [0.15, 0.2) is 0 Å². The molecule has 8 heteroatoms. The molecule has 0 saturated heterocycles. The van der Waals surface area contributed by atoms with Crippen molar-refractivity contribution in [1.82, 2.24) is 15.5 Å². The van der Waals surface area contributed by atoms with Crippen LogP contribution in [0.4, 0.5) is 0 Å². The monoisotopic (exact) mass is 267 g/mol. The van der Waals surface area contributed by atoms with Crippen molar-refractivity contribution in [2.24, 2.45) is 0 Å². The summed E-state index contributed by atoms with van der Waals surface area (Å²) in [5.74, 6) is 0.724. The number of amides is 1. The second kappa shape index (κ2) is 6.14. The van der Waals surface area contributed by atoms with Crippen LogP contribution in [-0.2, 0) is 10.8 Å². The normalized spacial score (nSPS) is 12.4. The molecule has 0 fully saturated rings. The number of hydrogen-bond donors (Lipinski definition) is 1. The Bertz CT molecular complexity index is 369. The van der Waals surface area contributed by atoms with Crippen molar-refractivity contribution in [3.05, 3.63) is 9.47 Å². The van der Waals surface area contributed by atoms with Gasteiger partial charge in [-0.3, -0.25) is 9.00 Å². The van der Waals surface area contributed by atoms with Crippen LogP contribution in [0.25, 0.3) is 0 Å². The summed E-state index contributed by atoms with van der Waals surface area (Å²) >= 11 is 6.54. The Morgan fingerprint density at radius 3 is 2.87 bits per heavy atom. The van der Waals surface area contributed by atoms with E-state index in [-0.39, 0.29) is 15.4 Å². The Morgan fingerprint density at radius 1 is 1.60 bits per heavy atom. The quantitative estimate of drug-likeness (QED) is 0.852. The minimum atomic E-state index is -0.868. The van der Waals surface area contributed by atoms with Crippen LogP contribution in [0.1, 0.15) is 16.7 Å². The van der Waals surface area contributed by atoms with Gasteiger partial charge in [-0.25, -0.2) is 0 Å².